The van der Waals surface area contributed by atoms with Gasteiger partial charge in [0, 0.05) is 11.1 Å². The molecule has 1 aromatic heterocycles. The highest BCUT2D eigenvalue weighted by Crippen LogP contribution is 2.42. The predicted molar refractivity (Wildman–Crippen MR) is 318 cm³/mol. The maximum atomic E-state index is 13.0. The lowest BCUT2D eigenvalue weighted by Crippen LogP contribution is -2.41. The molecule has 16 nitrogen and oxygen atoms in total. The van der Waals surface area contributed by atoms with Crippen molar-refractivity contribution in [2.24, 2.45) is 0 Å². The van der Waals surface area contributed by atoms with Crippen molar-refractivity contribution in [3.05, 3.63) is 246 Å². The molecule has 0 aliphatic rings. The summed E-state index contributed by atoms with van der Waals surface area (Å²) in [4.78, 5) is 53.8. The molecule has 0 aliphatic carbocycles. The van der Waals surface area contributed by atoms with Crippen molar-refractivity contribution < 1.29 is 51.0 Å². The SMILES string of the molecule is COc1cc(C(C)(C)C)cc(C(C)(C)C)c1OC(=O)Cc1ccccc1.Cc1ccc(S(=O)(=O)NNC(=O)c2ccccc2OC(=O)Cc2ccccc2)cc1.O=C(Oc1cccc(-c2nnco2)c1)N(c1ccccc1)c1ccccc1. The highest BCUT2D eigenvalue weighted by atomic mass is 32.2. The van der Waals surface area contributed by atoms with Gasteiger partial charge >= 0.3 is 18.0 Å². The Balaban J connectivity index is 0.000000179. The van der Waals surface area contributed by atoms with E-state index in [1.807, 2.05) is 127 Å². The molecule has 0 radical (unpaired) electrons. The van der Waals surface area contributed by atoms with E-state index in [9.17, 15) is 27.6 Å². The second-order valence-corrected chi connectivity index (χ2v) is 22.5. The maximum Gasteiger partial charge on any atom is 0.424 e. The number of hydrogen-bond acceptors (Lipinski definition) is 13. The normalized spacial score (nSPS) is 11.1. The van der Waals surface area contributed by atoms with E-state index in [4.69, 9.17) is 23.4 Å². The lowest BCUT2D eigenvalue weighted by molar-refractivity contribution is -0.134. The van der Waals surface area contributed by atoms with Gasteiger partial charge in [-0.25, -0.2) is 18.1 Å². The molecule has 9 rings (SSSR count). The van der Waals surface area contributed by atoms with E-state index in [0.717, 1.165) is 27.8 Å². The van der Waals surface area contributed by atoms with E-state index in [-0.39, 0.29) is 45.8 Å². The summed E-state index contributed by atoms with van der Waals surface area (Å²) in [6, 6.07) is 60.6. The van der Waals surface area contributed by atoms with E-state index in [1.165, 1.54) is 35.6 Å². The van der Waals surface area contributed by atoms with Crippen molar-refractivity contribution in [3.8, 4) is 34.5 Å². The fourth-order valence-corrected chi connectivity index (χ4v) is 8.87. The number of carbonyl (C=O) groups is 4. The van der Waals surface area contributed by atoms with Crippen molar-refractivity contribution >= 4 is 45.3 Å². The zero-order chi connectivity index (χ0) is 59.6. The monoisotopic (exact) mass is 1140 g/mol. The molecule has 426 valence electrons. The van der Waals surface area contributed by atoms with E-state index >= 15 is 0 Å². The van der Waals surface area contributed by atoms with Crippen LogP contribution in [0.5, 0.6) is 23.0 Å². The number of para-hydroxylation sites is 3. The minimum Gasteiger partial charge on any atom is -0.493 e. The molecule has 0 aliphatic heterocycles. The number of amides is 2. The molecular formula is C66H65N5O11S. The van der Waals surface area contributed by atoms with Gasteiger partial charge < -0.3 is 23.4 Å². The number of ether oxygens (including phenoxy) is 4. The Kier molecular flexibility index (Phi) is 20.6. The van der Waals surface area contributed by atoms with Crippen LogP contribution >= 0.6 is 0 Å². The third kappa shape index (κ3) is 17.6. The summed E-state index contributed by atoms with van der Waals surface area (Å²) in [5, 5.41) is 7.53. The molecule has 0 atom stereocenters. The van der Waals surface area contributed by atoms with Crippen LogP contribution in [0.25, 0.3) is 11.5 Å². The molecule has 2 amide bonds. The fourth-order valence-electron chi connectivity index (χ4n) is 8.04. The van der Waals surface area contributed by atoms with Crippen LogP contribution in [0.1, 0.15) is 79.7 Å². The standard InChI is InChI=1S/C23H30O3.C22H20N2O5S.C21H15N3O3/c1-22(2,3)17-14-18(23(4,5)6)21(19(15-17)25-7)26-20(24)13-16-11-9-8-10-12-16;1-16-11-13-18(14-12-16)30(27,28)24-23-22(26)19-9-5-6-10-20(19)29-21(25)15-17-7-3-2-4-8-17;25-21(27-19-13-7-8-16(14-19)20-23-22-15-26-20)24(17-9-3-1-4-10-17)18-11-5-2-6-12-18/h8-12,14-15H,13H2,1-7H3;2-14,24H,15H2,1H3,(H,23,26);1-15H. The first-order valence-electron chi connectivity index (χ1n) is 26.4. The summed E-state index contributed by atoms with van der Waals surface area (Å²) >= 11 is 0. The topological polar surface area (TPSA) is 206 Å². The van der Waals surface area contributed by atoms with Crippen molar-refractivity contribution in [1.29, 1.82) is 0 Å². The summed E-state index contributed by atoms with van der Waals surface area (Å²) in [5.41, 5.74) is 8.79. The molecule has 0 fully saturated rings. The first-order valence-corrected chi connectivity index (χ1v) is 27.9. The number of esters is 2. The highest BCUT2D eigenvalue weighted by Gasteiger charge is 2.28. The molecule has 0 unspecified atom stereocenters. The van der Waals surface area contributed by atoms with Gasteiger partial charge in [-0.1, -0.05) is 181 Å². The quantitative estimate of drug-likeness (QED) is 0.0557. The van der Waals surface area contributed by atoms with Gasteiger partial charge in [0.25, 0.3) is 15.9 Å². The van der Waals surface area contributed by atoms with Crippen LogP contribution in [0.3, 0.4) is 0 Å². The van der Waals surface area contributed by atoms with Gasteiger partial charge in [-0.3, -0.25) is 19.8 Å². The third-order valence-electron chi connectivity index (χ3n) is 12.4. The number of carbonyl (C=O) groups excluding carboxylic acids is 4. The molecule has 9 aromatic rings. The van der Waals surface area contributed by atoms with Crippen LogP contribution < -0.4 is 34.1 Å². The van der Waals surface area contributed by atoms with Crippen LogP contribution in [-0.4, -0.2) is 49.7 Å². The number of nitrogens with zero attached hydrogens (tertiary/aromatic N) is 3. The number of nitrogens with one attached hydrogen (secondary N) is 2. The van der Waals surface area contributed by atoms with Gasteiger partial charge in [0.1, 0.15) is 11.5 Å². The number of benzene rings is 8. The second kappa shape index (κ2) is 28.1. The maximum absolute atomic E-state index is 13.0. The molecular weight excluding hydrogens is 1070 g/mol. The zero-order valence-electron chi connectivity index (χ0n) is 47.4. The van der Waals surface area contributed by atoms with Gasteiger partial charge in [0.15, 0.2) is 11.5 Å². The Bertz CT molecular complexity index is 3660. The lowest BCUT2D eigenvalue weighted by Gasteiger charge is -2.28. The Morgan fingerprint density at radius 2 is 1.12 bits per heavy atom. The number of hydrogen-bond donors (Lipinski definition) is 2. The molecule has 1 heterocycles. The minimum absolute atomic E-state index is 0.0102. The average molecular weight is 1140 g/mol. The summed E-state index contributed by atoms with van der Waals surface area (Å²) in [6.45, 7) is 14.7. The van der Waals surface area contributed by atoms with Crippen molar-refractivity contribution in [1.82, 2.24) is 20.5 Å². The van der Waals surface area contributed by atoms with Crippen molar-refractivity contribution in [2.75, 3.05) is 12.0 Å². The molecule has 83 heavy (non-hydrogen) atoms. The molecule has 0 bridgehead atoms. The number of hydrazine groups is 1. The van der Waals surface area contributed by atoms with E-state index < -0.39 is 28.0 Å². The second-order valence-electron chi connectivity index (χ2n) is 20.8. The van der Waals surface area contributed by atoms with Gasteiger partial charge in [-0.2, -0.15) is 0 Å². The van der Waals surface area contributed by atoms with Crippen LogP contribution in [-0.2, 0) is 43.3 Å². The Hall–Kier alpha value is -9.71. The lowest BCUT2D eigenvalue weighted by atomic mass is 9.80. The summed E-state index contributed by atoms with van der Waals surface area (Å²) in [7, 11) is -2.33. The van der Waals surface area contributed by atoms with E-state index in [2.05, 4.69) is 63.2 Å². The minimum atomic E-state index is -3.95. The van der Waals surface area contributed by atoms with Crippen LogP contribution in [0, 0.1) is 6.92 Å². The summed E-state index contributed by atoms with van der Waals surface area (Å²) in [6.07, 6.45) is 1.00. The third-order valence-corrected chi connectivity index (χ3v) is 13.7. The first-order chi connectivity index (χ1) is 39.7. The van der Waals surface area contributed by atoms with Gasteiger partial charge in [-0.05, 0) is 107 Å². The molecule has 2 N–H and O–H groups in total. The summed E-state index contributed by atoms with van der Waals surface area (Å²) in [5.74, 6) is 0.311. The van der Waals surface area contributed by atoms with E-state index in [1.54, 1.807) is 67.8 Å². The van der Waals surface area contributed by atoms with Crippen molar-refractivity contribution in [3.63, 3.8) is 0 Å². The van der Waals surface area contributed by atoms with Gasteiger partial charge in [0.05, 0.1) is 41.8 Å². The number of sulfonamides is 1. The number of aromatic nitrogens is 2. The largest absolute Gasteiger partial charge is 0.493 e. The van der Waals surface area contributed by atoms with Crippen molar-refractivity contribution in [2.45, 2.75) is 77.0 Å². The number of methoxy groups -OCH3 is 1. The first kappa shape index (κ1) is 60.9. The summed E-state index contributed by atoms with van der Waals surface area (Å²) < 4.78 is 52.2. The fraction of sp³-hybridized carbons (Fsp3) is 0.182. The Labute approximate surface area is 484 Å². The van der Waals surface area contributed by atoms with Crippen LogP contribution in [0.2, 0.25) is 0 Å². The highest BCUT2D eigenvalue weighted by molar-refractivity contribution is 7.89. The molecule has 0 saturated heterocycles. The van der Waals surface area contributed by atoms with Gasteiger partial charge in [0.2, 0.25) is 12.3 Å². The predicted octanol–water partition coefficient (Wildman–Crippen LogP) is 13.3. The average Bonchev–Trinajstić information content (AvgIpc) is 4.17. The smallest absolute Gasteiger partial charge is 0.424 e. The molecule has 0 saturated carbocycles. The van der Waals surface area contributed by atoms with Crippen LogP contribution in [0.4, 0.5) is 16.2 Å². The zero-order valence-corrected chi connectivity index (χ0v) is 48.2. The van der Waals surface area contributed by atoms with Gasteiger partial charge in [-0.15, -0.1) is 15.0 Å². The molecule has 8 aromatic carbocycles. The Morgan fingerprint density at radius 3 is 1.65 bits per heavy atom. The Morgan fingerprint density at radius 1 is 0.578 bits per heavy atom. The van der Waals surface area contributed by atoms with Crippen LogP contribution in [0.15, 0.2) is 222 Å². The number of aryl methyl sites for hydroxylation is 1. The van der Waals surface area contributed by atoms with E-state index in [0.29, 0.717) is 40.1 Å². The molecule has 0 spiro atoms. The molecule has 17 heteroatoms. The number of anilines is 2. The number of rotatable bonds is 15.